The summed E-state index contributed by atoms with van der Waals surface area (Å²) in [6.45, 7) is 4.70. The highest BCUT2D eigenvalue weighted by Crippen LogP contribution is 2.25. The maximum absolute atomic E-state index is 6.29. The molecule has 0 spiro atoms. The predicted octanol–water partition coefficient (Wildman–Crippen LogP) is 3.29. The zero-order valence-electron chi connectivity index (χ0n) is 17.2. The Labute approximate surface area is 200 Å². The van der Waals surface area contributed by atoms with Crippen LogP contribution in [-0.2, 0) is 6.54 Å². The number of hydrogen-bond acceptors (Lipinski definition) is 5. The monoisotopic (exact) mass is 541 g/mol. The van der Waals surface area contributed by atoms with Gasteiger partial charge in [0, 0.05) is 58.2 Å². The van der Waals surface area contributed by atoms with Gasteiger partial charge in [-0.1, -0.05) is 11.6 Å². The van der Waals surface area contributed by atoms with Gasteiger partial charge in [-0.15, -0.1) is 24.0 Å². The lowest BCUT2D eigenvalue weighted by atomic mass is 10.2. The van der Waals surface area contributed by atoms with Gasteiger partial charge in [0.05, 0.1) is 5.02 Å². The summed E-state index contributed by atoms with van der Waals surface area (Å²) >= 11 is 6.29. The van der Waals surface area contributed by atoms with Crippen LogP contribution in [0.5, 0.6) is 0 Å². The van der Waals surface area contributed by atoms with Gasteiger partial charge < -0.3 is 20.4 Å². The highest BCUT2D eigenvalue weighted by Gasteiger charge is 2.25. The maximum atomic E-state index is 6.29. The van der Waals surface area contributed by atoms with E-state index in [1.807, 2.05) is 18.3 Å². The SMILES string of the molecule is CN=C(NCc1ccnc(N2CCCC2)c1)NC1CCN(c2ncccc2Cl)C1.I. The summed E-state index contributed by atoms with van der Waals surface area (Å²) in [7, 11) is 1.81. The van der Waals surface area contributed by atoms with Gasteiger partial charge in [0.15, 0.2) is 5.96 Å². The Morgan fingerprint density at radius 3 is 2.77 bits per heavy atom. The van der Waals surface area contributed by atoms with Crippen molar-refractivity contribution in [2.45, 2.75) is 31.8 Å². The molecule has 0 amide bonds. The first-order valence-corrected chi connectivity index (χ1v) is 10.6. The number of rotatable bonds is 5. The van der Waals surface area contributed by atoms with Gasteiger partial charge in [-0.3, -0.25) is 4.99 Å². The van der Waals surface area contributed by atoms with Gasteiger partial charge in [0.2, 0.25) is 0 Å². The number of nitrogens with one attached hydrogen (secondary N) is 2. The Morgan fingerprint density at radius 1 is 1.17 bits per heavy atom. The number of nitrogens with zero attached hydrogens (tertiary/aromatic N) is 5. The lowest BCUT2D eigenvalue weighted by molar-refractivity contribution is 0.648. The van der Waals surface area contributed by atoms with Crippen molar-refractivity contribution in [3.63, 3.8) is 0 Å². The minimum atomic E-state index is 0. The molecule has 30 heavy (non-hydrogen) atoms. The zero-order chi connectivity index (χ0) is 20.1. The normalized spacial score (nSPS) is 19.0. The molecule has 0 bridgehead atoms. The third-order valence-electron chi connectivity index (χ3n) is 5.49. The fourth-order valence-electron chi connectivity index (χ4n) is 3.94. The van der Waals surface area contributed by atoms with Gasteiger partial charge in [-0.25, -0.2) is 9.97 Å². The minimum absolute atomic E-state index is 0. The Morgan fingerprint density at radius 2 is 2.00 bits per heavy atom. The molecule has 2 fully saturated rings. The first kappa shape index (κ1) is 22.9. The standard InChI is InChI=1S/C21H28ClN7.HI/c1-23-21(26-14-16-6-9-24-19(13-16)28-10-2-3-11-28)27-17-7-12-29(15-17)20-18(22)5-4-8-25-20;/h4-6,8-9,13,17H,2-3,7,10-12,14-15H2,1H3,(H2,23,26,27);1H. The van der Waals surface area contributed by atoms with E-state index in [4.69, 9.17) is 11.6 Å². The molecule has 4 rings (SSSR count). The van der Waals surface area contributed by atoms with Crippen molar-refractivity contribution < 1.29 is 0 Å². The van der Waals surface area contributed by atoms with Crippen LogP contribution in [0.1, 0.15) is 24.8 Å². The first-order valence-electron chi connectivity index (χ1n) is 10.3. The average molecular weight is 542 g/mol. The Balaban J connectivity index is 0.00000256. The molecule has 7 nitrogen and oxygen atoms in total. The third-order valence-corrected chi connectivity index (χ3v) is 5.79. The van der Waals surface area contributed by atoms with E-state index in [1.54, 1.807) is 13.2 Å². The highest BCUT2D eigenvalue weighted by molar-refractivity contribution is 14.0. The molecule has 0 aromatic carbocycles. The summed E-state index contributed by atoms with van der Waals surface area (Å²) < 4.78 is 0. The number of anilines is 2. The summed E-state index contributed by atoms with van der Waals surface area (Å²) in [5.41, 5.74) is 1.21. The van der Waals surface area contributed by atoms with Gasteiger partial charge in [-0.2, -0.15) is 0 Å². The zero-order valence-corrected chi connectivity index (χ0v) is 20.3. The number of aliphatic imine (C=N–C) groups is 1. The van der Waals surface area contributed by atoms with E-state index >= 15 is 0 Å². The third kappa shape index (κ3) is 5.66. The van der Waals surface area contributed by atoms with Crippen LogP contribution >= 0.6 is 35.6 Å². The average Bonchev–Trinajstić information content (AvgIpc) is 3.44. The fourth-order valence-corrected chi connectivity index (χ4v) is 4.19. The quantitative estimate of drug-likeness (QED) is 0.344. The van der Waals surface area contributed by atoms with E-state index < -0.39 is 0 Å². The second kappa shape index (κ2) is 11.0. The van der Waals surface area contributed by atoms with Crippen LogP contribution in [0.25, 0.3) is 0 Å². The topological polar surface area (TPSA) is 68.7 Å². The summed E-state index contributed by atoms with van der Waals surface area (Å²) in [5.74, 6) is 2.74. The Kier molecular flexibility index (Phi) is 8.38. The van der Waals surface area contributed by atoms with Crippen LogP contribution in [0.2, 0.25) is 5.02 Å². The molecule has 0 saturated carbocycles. The summed E-state index contributed by atoms with van der Waals surface area (Å²) in [4.78, 5) is 17.9. The summed E-state index contributed by atoms with van der Waals surface area (Å²) in [6, 6.07) is 8.27. The molecule has 2 N–H and O–H groups in total. The van der Waals surface area contributed by atoms with E-state index in [1.165, 1.54) is 18.4 Å². The molecule has 0 radical (unpaired) electrons. The predicted molar refractivity (Wildman–Crippen MR) is 134 cm³/mol. The van der Waals surface area contributed by atoms with E-state index in [-0.39, 0.29) is 24.0 Å². The van der Waals surface area contributed by atoms with Gasteiger partial charge in [-0.05, 0) is 49.1 Å². The smallest absolute Gasteiger partial charge is 0.191 e. The largest absolute Gasteiger partial charge is 0.357 e. The molecule has 2 aliphatic rings. The van der Waals surface area contributed by atoms with Crippen molar-refractivity contribution in [1.82, 2.24) is 20.6 Å². The Hall–Kier alpha value is -1.81. The number of hydrogen-bond donors (Lipinski definition) is 2. The molecule has 2 saturated heterocycles. The van der Waals surface area contributed by atoms with Crippen molar-refractivity contribution in [1.29, 1.82) is 0 Å². The van der Waals surface area contributed by atoms with Gasteiger partial charge >= 0.3 is 0 Å². The van der Waals surface area contributed by atoms with Crippen LogP contribution in [0, 0.1) is 0 Å². The lowest BCUT2D eigenvalue weighted by Crippen LogP contribution is -2.44. The van der Waals surface area contributed by atoms with Gasteiger partial charge in [0.25, 0.3) is 0 Å². The van der Waals surface area contributed by atoms with Crippen molar-refractivity contribution in [2.24, 2.45) is 4.99 Å². The number of aromatic nitrogens is 2. The molecule has 2 aromatic rings. The molecule has 162 valence electrons. The van der Waals surface area contributed by atoms with Crippen molar-refractivity contribution >= 4 is 53.2 Å². The number of pyridine rings is 2. The molecule has 1 unspecified atom stereocenters. The van der Waals surface area contributed by atoms with Crippen LogP contribution in [-0.4, -0.2) is 55.2 Å². The molecule has 2 aromatic heterocycles. The molecular formula is C21H29ClIN7. The van der Waals surface area contributed by atoms with Gasteiger partial charge in [0.1, 0.15) is 11.6 Å². The van der Waals surface area contributed by atoms with Crippen LogP contribution in [0.4, 0.5) is 11.6 Å². The van der Waals surface area contributed by atoms with Crippen LogP contribution in [0.15, 0.2) is 41.7 Å². The first-order chi connectivity index (χ1) is 14.2. The summed E-state index contributed by atoms with van der Waals surface area (Å²) in [5, 5.41) is 7.65. The van der Waals surface area contributed by atoms with Crippen molar-refractivity contribution in [2.75, 3.05) is 43.0 Å². The number of guanidine groups is 1. The van der Waals surface area contributed by atoms with E-state index in [0.717, 1.165) is 50.2 Å². The molecule has 0 aliphatic carbocycles. The number of halogens is 2. The molecule has 4 heterocycles. The highest BCUT2D eigenvalue weighted by atomic mass is 127. The molecule has 2 aliphatic heterocycles. The van der Waals surface area contributed by atoms with Crippen LogP contribution < -0.4 is 20.4 Å². The fraction of sp³-hybridized carbons (Fsp3) is 0.476. The van der Waals surface area contributed by atoms with Crippen molar-refractivity contribution in [3.8, 4) is 0 Å². The molecule has 1 atom stereocenters. The second-order valence-corrected chi connectivity index (χ2v) is 7.93. The molecular weight excluding hydrogens is 513 g/mol. The van der Waals surface area contributed by atoms with E-state index in [0.29, 0.717) is 17.6 Å². The lowest BCUT2D eigenvalue weighted by Gasteiger charge is -2.20. The summed E-state index contributed by atoms with van der Waals surface area (Å²) in [6.07, 6.45) is 7.20. The maximum Gasteiger partial charge on any atom is 0.191 e. The van der Waals surface area contributed by atoms with Crippen molar-refractivity contribution in [3.05, 3.63) is 47.2 Å². The van der Waals surface area contributed by atoms with E-state index in [2.05, 4.69) is 47.5 Å². The van der Waals surface area contributed by atoms with E-state index in [9.17, 15) is 0 Å². The molecule has 9 heteroatoms. The minimum Gasteiger partial charge on any atom is -0.357 e. The second-order valence-electron chi connectivity index (χ2n) is 7.53. The van der Waals surface area contributed by atoms with Crippen LogP contribution in [0.3, 0.4) is 0 Å². The Bertz CT molecular complexity index is 857.